The second kappa shape index (κ2) is 5.24. The number of hydrogen-bond acceptors (Lipinski definition) is 2. The summed E-state index contributed by atoms with van der Waals surface area (Å²) < 4.78 is 0. The van der Waals surface area contributed by atoms with Crippen LogP contribution in [-0.4, -0.2) is 10.1 Å². The van der Waals surface area contributed by atoms with E-state index in [0.717, 1.165) is 21.7 Å². The highest BCUT2D eigenvalue weighted by Gasteiger charge is 2.16. The van der Waals surface area contributed by atoms with Crippen LogP contribution in [0.1, 0.15) is 17.4 Å². The molecule has 2 heteroatoms. The highest BCUT2D eigenvalue weighted by Crippen LogP contribution is 2.33. The fourth-order valence-electron chi connectivity index (χ4n) is 3.01. The Morgan fingerprint density at radius 3 is 2.18 bits per heavy atom. The van der Waals surface area contributed by atoms with Gasteiger partial charge in [0.2, 0.25) is 0 Å². The first kappa shape index (κ1) is 13.0. The van der Waals surface area contributed by atoms with Crippen molar-refractivity contribution < 1.29 is 5.11 Å². The van der Waals surface area contributed by atoms with Crippen molar-refractivity contribution in [3.05, 3.63) is 90.3 Å². The zero-order valence-electron chi connectivity index (χ0n) is 12.0. The van der Waals surface area contributed by atoms with E-state index in [1.807, 2.05) is 42.5 Å². The summed E-state index contributed by atoms with van der Waals surface area (Å²) in [5.41, 5.74) is 1.57. The maximum Gasteiger partial charge on any atom is 0.122 e. The lowest BCUT2D eigenvalue weighted by molar-refractivity contribution is 0.217. The second-order valence-corrected chi connectivity index (χ2v) is 5.39. The van der Waals surface area contributed by atoms with Gasteiger partial charge in [0.25, 0.3) is 0 Å². The van der Waals surface area contributed by atoms with Crippen molar-refractivity contribution in [3.8, 4) is 0 Å². The van der Waals surface area contributed by atoms with E-state index in [2.05, 4.69) is 35.3 Å². The third-order valence-corrected chi connectivity index (χ3v) is 4.06. The molecule has 2 nitrogen and oxygen atoms in total. The molecular weight excluding hydrogens is 270 g/mol. The molecule has 0 fully saturated rings. The van der Waals surface area contributed by atoms with Crippen LogP contribution in [0.4, 0.5) is 0 Å². The van der Waals surface area contributed by atoms with E-state index in [4.69, 9.17) is 0 Å². The van der Waals surface area contributed by atoms with Crippen molar-refractivity contribution in [2.75, 3.05) is 0 Å². The third-order valence-electron chi connectivity index (χ3n) is 4.06. The molecule has 0 bridgehead atoms. The van der Waals surface area contributed by atoms with E-state index in [0.29, 0.717) is 5.69 Å². The molecule has 1 N–H and O–H groups in total. The summed E-state index contributed by atoms with van der Waals surface area (Å²) in [4.78, 5) is 4.29. The molecule has 0 saturated heterocycles. The van der Waals surface area contributed by atoms with Crippen molar-refractivity contribution in [2.24, 2.45) is 0 Å². The molecule has 1 unspecified atom stereocenters. The van der Waals surface area contributed by atoms with Gasteiger partial charge < -0.3 is 5.11 Å². The van der Waals surface area contributed by atoms with Crippen LogP contribution in [-0.2, 0) is 0 Å². The Balaban J connectivity index is 2.04. The van der Waals surface area contributed by atoms with Gasteiger partial charge in [0.1, 0.15) is 6.10 Å². The van der Waals surface area contributed by atoms with Gasteiger partial charge in [0, 0.05) is 6.20 Å². The molecule has 1 aromatic heterocycles. The Kier molecular flexibility index (Phi) is 3.10. The third kappa shape index (κ3) is 2.05. The molecule has 4 rings (SSSR count). The number of hydrogen-bond donors (Lipinski definition) is 1. The second-order valence-electron chi connectivity index (χ2n) is 5.39. The normalized spacial score (nSPS) is 12.6. The minimum Gasteiger partial charge on any atom is -0.382 e. The maximum atomic E-state index is 10.8. The Hall–Kier alpha value is -2.71. The summed E-state index contributed by atoms with van der Waals surface area (Å²) in [7, 11) is 0. The first-order chi connectivity index (χ1) is 10.8. The number of aliphatic hydroxyl groups is 1. The molecule has 0 aliphatic heterocycles. The van der Waals surface area contributed by atoms with E-state index >= 15 is 0 Å². The highest BCUT2D eigenvalue weighted by atomic mass is 16.3. The van der Waals surface area contributed by atoms with E-state index in [1.54, 1.807) is 6.20 Å². The molecule has 0 spiro atoms. The van der Waals surface area contributed by atoms with Gasteiger partial charge >= 0.3 is 0 Å². The van der Waals surface area contributed by atoms with Crippen LogP contribution in [0.3, 0.4) is 0 Å². The average molecular weight is 285 g/mol. The molecule has 3 aromatic carbocycles. The summed E-state index contributed by atoms with van der Waals surface area (Å²) in [5.74, 6) is 0. The Morgan fingerprint density at radius 1 is 0.727 bits per heavy atom. The van der Waals surface area contributed by atoms with E-state index in [1.165, 1.54) is 5.39 Å². The number of aliphatic hydroxyl groups excluding tert-OH is 1. The summed E-state index contributed by atoms with van der Waals surface area (Å²) >= 11 is 0. The number of fused-ring (bicyclic) bond motifs is 3. The van der Waals surface area contributed by atoms with Crippen LogP contribution >= 0.6 is 0 Å². The summed E-state index contributed by atoms with van der Waals surface area (Å²) in [6.07, 6.45) is 0.984. The number of nitrogens with zero attached hydrogens (tertiary/aromatic N) is 1. The van der Waals surface area contributed by atoms with Crippen LogP contribution in [0.5, 0.6) is 0 Å². The van der Waals surface area contributed by atoms with Gasteiger partial charge in [-0.2, -0.15) is 0 Å². The van der Waals surface area contributed by atoms with Crippen LogP contribution in [0.15, 0.2) is 79.0 Å². The summed E-state index contributed by atoms with van der Waals surface area (Å²) in [6, 6.07) is 24.1. The highest BCUT2D eigenvalue weighted by molar-refractivity contribution is 6.09. The molecule has 0 radical (unpaired) electrons. The first-order valence-electron chi connectivity index (χ1n) is 7.34. The molecule has 0 aliphatic carbocycles. The number of rotatable bonds is 2. The fourth-order valence-corrected chi connectivity index (χ4v) is 3.01. The first-order valence-corrected chi connectivity index (χ1v) is 7.34. The standard InChI is InChI=1S/C20H15NO/c22-20(19-11-5-6-12-21-19)18-13-14-7-1-2-8-15(14)16-9-3-4-10-17(16)18/h1-13,20,22H. The average Bonchev–Trinajstić information content (AvgIpc) is 2.61. The molecule has 0 saturated carbocycles. The van der Waals surface area contributed by atoms with Crippen LogP contribution in [0.2, 0.25) is 0 Å². The lowest BCUT2D eigenvalue weighted by Crippen LogP contribution is -2.03. The van der Waals surface area contributed by atoms with Gasteiger partial charge in [-0.05, 0) is 45.3 Å². The smallest absolute Gasteiger partial charge is 0.122 e. The van der Waals surface area contributed by atoms with Crippen LogP contribution in [0, 0.1) is 0 Å². The lowest BCUT2D eigenvalue weighted by atomic mass is 9.93. The zero-order valence-corrected chi connectivity index (χ0v) is 12.0. The minimum absolute atomic E-state index is 0.669. The largest absolute Gasteiger partial charge is 0.382 e. The number of aromatic nitrogens is 1. The lowest BCUT2D eigenvalue weighted by Gasteiger charge is -2.15. The van der Waals surface area contributed by atoms with E-state index in [9.17, 15) is 5.11 Å². The van der Waals surface area contributed by atoms with Crippen molar-refractivity contribution in [2.45, 2.75) is 6.10 Å². The van der Waals surface area contributed by atoms with Crippen molar-refractivity contribution in [3.63, 3.8) is 0 Å². The molecular formula is C20H15NO. The summed E-state index contributed by atoms with van der Waals surface area (Å²) in [6.45, 7) is 0. The topological polar surface area (TPSA) is 33.1 Å². The van der Waals surface area contributed by atoms with Crippen molar-refractivity contribution in [1.82, 2.24) is 4.98 Å². The summed E-state index contributed by atoms with van der Waals surface area (Å²) in [5, 5.41) is 15.3. The van der Waals surface area contributed by atoms with E-state index in [-0.39, 0.29) is 0 Å². The fraction of sp³-hybridized carbons (Fsp3) is 0.0500. The Bertz CT molecular complexity index is 947. The number of pyridine rings is 1. The quantitative estimate of drug-likeness (QED) is 0.551. The van der Waals surface area contributed by atoms with Crippen LogP contribution < -0.4 is 0 Å². The zero-order chi connectivity index (χ0) is 14.9. The molecule has 22 heavy (non-hydrogen) atoms. The molecule has 1 heterocycles. The maximum absolute atomic E-state index is 10.8. The van der Waals surface area contributed by atoms with Gasteiger partial charge in [-0.3, -0.25) is 4.98 Å². The SMILES string of the molecule is OC(c1ccccn1)c1cc2ccccc2c2ccccc12. The molecule has 1 atom stereocenters. The van der Waals surface area contributed by atoms with Gasteiger partial charge in [-0.25, -0.2) is 0 Å². The monoisotopic (exact) mass is 285 g/mol. The molecule has 4 aromatic rings. The number of benzene rings is 3. The predicted molar refractivity (Wildman–Crippen MR) is 89.8 cm³/mol. The molecule has 106 valence electrons. The van der Waals surface area contributed by atoms with Crippen LogP contribution in [0.25, 0.3) is 21.5 Å². The van der Waals surface area contributed by atoms with Gasteiger partial charge in [0.15, 0.2) is 0 Å². The van der Waals surface area contributed by atoms with Crippen molar-refractivity contribution >= 4 is 21.5 Å². The van der Waals surface area contributed by atoms with Crippen molar-refractivity contribution in [1.29, 1.82) is 0 Å². The van der Waals surface area contributed by atoms with Gasteiger partial charge in [-0.1, -0.05) is 54.6 Å². The Labute approximate surface area is 128 Å². The van der Waals surface area contributed by atoms with E-state index < -0.39 is 6.10 Å². The molecule has 0 amide bonds. The molecule has 0 aliphatic rings. The minimum atomic E-state index is -0.726. The van der Waals surface area contributed by atoms with Gasteiger partial charge in [-0.15, -0.1) is 0 Å². The predicted octanol–water partition coefficient (Wildman–Crippen LogP) is 4.47. The Morgan fingerprint density at radius 2 is 1.41 bits per heavy atom. The van der Waals surface area contributed by atoms with Gasteiger partial charge in [0.05, 0.1) is 5.69 Å².